The summed E-state index contributed by atoms with van der Waals surface area (Å²) >= 11 is 0. The lowest BCUT2D eigenvalue weighted by Crippen LogP contribution is -2.48. The van der Waals surface area contributed by atoms with Crippen molar-refractivity contribution >= 4 is 11.6 Å². The van der Waals surface area contributed by atoms with Gasteiger partial charge in [-0.15, -0.1) is 0 Å². The number of benzene rings is 2. The van der Waals surface area contributed by atoms with E-state index >= 15 is 0 Å². The van der Waals surface area contributed by atoms with Crippen molar-refractivity contribution in [2.24, 2.45) is 0 Å². The lowest BCUT2D eigenvalue weighted by atomic mass is 10.0. The van der Waals surface area contributed by atoms with Gasteiger partial charge in [0.1, 0.15) is 13.2 Å². The fraction of sp³-hybridized carbons (Fsp3) is 0.409. The van der Waals surface area contributed by atoms with Crippen LogP contribution in [0.3, 0.4) is 0 Å². The average molecular weight is 381 g/mol. The SMILES string of the molecule is CCc1ccc(C2CNCCN2CC(=O)Nc2ccc3c(c2)OCCO3)cc1. The van der Waals surface area contributed by atoms with Gasteiger partial charge in [0.25, 0.3) is 0 Å². The van der Waals surface area contributed by atoms with Crippen molar-refractivity contribution in [2.75, 3.05) is 44.7 Å². The van der Waals surface area contributed by atoms with E-state index in [1.165, 1.54) is 11.1 Å². The van der Waals surface area contributed by atoms with Crippen LogP contribution in [0, 0.1) is 0 Å². The van der Waals surface area contributed by atoms with E-state index in [4.69, 9.17) is 9.47 Å². The van der Waals surface area contributed by atoms with Crippen LogP contribution in [-0.2, 0) is 11.2 Å². The highest BCUT2D eigenvalue weighted by molar-refractivity contribution is 5.92. The number of nitrogens with one attached hydrogen (secondary N) is 2. The van der Waals surface area contributed by atoms with Gasteiger partial charge in [-0.2, -0.15) is 0 Å². The van der Waals surface area contributed by atoms with Crippen LogP contribution in [0.1, 0.15) is 24.1 Å². The number of hydrogen-bond acceptors (Lipinski definition) is 5. The molecule has 0 aliphatic carbocycles. The fourth-order valence-corrected chi connectivity index (χ4v) is 3.75. The second-order valence-corrected chi connectivity index (χ2v) is 7.19. The normalized spacial score (nSPS) is 19.2. The van der Waals surface area contributed by atoms with Crippen LogP contribution < -0.4 is 20.1 Å². The van der Waals surface area contributed by atoms with Crippen LogP contribution in [0.4, 0.5) is 5.69 Å². The van der Waals surface area contributed by atoms with Gasteiger partial charge in [0.15, 0.2) is 11.5 Å². The van der Waals surface area contributed by atoms with Gasteiger partial charge < -0.3 is 20.1 Å². The molecule has 0 saturated carbocycles. The zero-order valence-corrected chi connectivity index (χ0v) is 16.2. The summed E-state index contributed by atoms with van der Waals surface area (Å²) in [6, 6.07) is 14.4. The number of aryl methyl sites for hydroxylation is 1. The number of amides is 1. The summed E-state index contributed by atoms with van der Waals surface area (Å²) < 4.78 is 11.1. The Labute approximate surface area is 165 Å². The molecule has 1 saturated heterocycles. The van der Waals surface area contributed by atoms with Gasteiger partial charge in [0.2, 0.25) is 5.91 Å². The molecule has 0 spiro atoms. The van der Waals surface area contributed by atoms with Crippen LogP contribution in [-0.4, -0.2) is 50.2 Å². The minimum absolute atomic E-state index is 0.0197. The Bertz CT molecular complexity index is 822. The number of anilines is 1. The maximum atomic E-state index is 12.7. The molecule has 0 aromatic heterocycles. The first-order valence-electron chi connectivity index (χ1n) is 9.96. The molecule has 2 heterocycles. The third kappa shape index (κ3) is 4.29. The Morgan fingerprint density at radius 3 is 2.71 bits per heavy atom. The highest BCUT2D eigenvalue weighted by atomic mass is 16.6. The standard InChI is InChI=1S/C22H27N3O3/c1-2-16-3-5-17(6-4-16)19-14-23-9-10-25(19)15-22(26)24-18-7-8-20-21(13-18)28-12-11-27-20/h3-8,13,19,23H,2,9-12,14-15H2,1H3,(H,24,26). The quantitative estimate of drug-likeness (QED) is 0.834. The van der Waals surface area contributed by atoms with E-state index in [2.05, 4.69) is 46.7 Å². The van der Waals surface area contributed by atoms with Gasteiger partial charge >= 0.3 is 0 Å². The topological polar surface area (TPSA) is 62.8 Å². The largest absolute Gasteiger partial charge is 0.486 e. The molecule has 4 rings (SSSR count). The van der Waals surface area contributed by atoms with E-state index in [0.717, 1.165) is 37.5 Å². The van der Waals surface area contributed by atoms with Crippen LogP contribution in [0.5, 0.6) is 11.5 Å². The first-order valence-corrected chi connectivity index (χ1v) is 9.96. The van der Waals surface area contributed by atoms with Gasteiger partial charge in [0.05, 0.1) is 6.54 Å². The van der Waals surface area contributed by atoms with Gasteiger partial charge in [0, 0.05) is 37.4 Å². The summed E-state index contributed by atoms with van der Waals surface area (Å²) in [5.41, 5.74) is 3.31. The van der Waals surface area contributed by atoms with Crippen molar-refractivity contribution in [1.82, 2.24) is 10.2 Å². The molecule has 0 radical (unpaired) electrons. The average Bonchev–Trinajstić information content (AvgIpc) is 2.74. The van der Waals surface area contributed by atoms with Gasteiger partial charge in [-0.25, -0.2) is 0 Å². The second-order valence-electron chi connectivity index (χ2n) is 7.19. The number of hydrogen-bond donors (Lipinski definition) is 2. The molecule has 2 N–H and O–H groups in total. The molecule has 148 valence electrons. The first kappa shape index (κ1) is 18.8. The molecule has 6 heteroatoms. The molecular weight excluding hydrogens is 354 g/mol. The Hall–Kier alpha value is -2.57. The summed E-state index contributed by atoms with van der Waals surface area (Å²) in [6.07, 6.45) is 1.03. The first-order chi connectivity index (χ1) is 13.7. The number of ether oxygens (including phenoxy) is 2. The fourth-order valence-electron chi connectivity index (χ4n) is 3.75. The number of fused-ring (bicyclic) bond motifs is 1. The van der Waals surface area contributed by atoms with Gasteiger partial charge in [-0.1, -0.05) is 31.2 Å². The van der Waals surface area contributed by atoms with Crippen molar-refractivity contribution < 1.29 is 14.3 Å². The molecule has 1 unspecified atom stereocenters. The van der Waals surface area contributed by atoms with Crippen molar-refractivity contribution in [3.8, 4) is 11.5 Å². The van der Waals surface area contributed by atoms with Crippen LogP contribution in [0.2, 0.25) is 0 Å². The van der Waals surface area contributed by atoms with E-state index < -0.39 is 0 Å². The number of piperazine rings is 1. The maximum absolute atomic E-state index is 12.7. The molecule has 28 heavy (non-hydrogen) atoms. The second kappa shape index (κ2) is 8.63. The third-order valence-corrected chi connectivity index (χ3v) is 5.30. The van der Waals surface area contributed by atoms with Gasteiger partial charge in [-0.05, 0) is 29.7 Å². The predicted molar refractivity (Wildman–Crippen MR) is 109 cm³/mol. The number of carbonyl (C=O) groups excluding carboxylic acids is 1. The minimum Gasteiger partial charge on any atom is -0.486 e. The molecule has 2 aliphatic heterocycles. The highest BCUT2D eigenvalue weighted by Crippen LogP contribution is 2.32. The maximum Gasteiger partial charge on any atom is 0.238 e. The lowest BCUT2D eigenvalue weighted by Gasteiger charge is -2.36. The van der Waals surface area contributed by atoms with E-state index in [0.29, 0.717) is 25.5 Å². The summed E-state index contributed by atoms with van der Waals surface area (Å²) in [5.74, 6) is 1.39. The number of nitrogens with zero attached hydrogens (tertiary/aromatic N) is 1. The molecule has 2 aromatic rings. The third-order valence-electron chi connectivity index (χ3n) is 5.30. The zero-order chi connectivity index (χ0) is 19.3. The molecule has 0 bridgehead atoms. The van der Waals surface area contributed by atoms with Crippen LogP contribution in [0.25, 0.3) is 0 Å². The summed E-state index contributed by atoms with van der Waals surface area (Å²) in [6.45, 7) is 6.19. The Kier molecular flexibility index (Phi) is 5.78. The smallest absolute Gasteiger partial charge is 0.238 e. The van der Waals surface area contributed by atoms with Gasteiger partial charge in [-0.3, -0.25) is 9.69 Å². The van der Waals surface area contributed by atoms with E-state index in [9.17, 15) is 4.79 Å². The van der Waals surface area contributed by atoms with E-state index in [1.807, 2.05) is 18.2 Å². The van der Waals surface area contributed by atoms with Crippen LogP contribution >= 0.6 is 0 Å². The minimum atomic E-state index is -0.0197. The van der Waals surface area contributed by atoms with E-state index in [-0.39, 0.29) is 11.9 Å². The molecule has 6 nitrogen and oxygen atoms in total. The molecule has 1 amide bonds. The van der Waals surface area contributed by atoms with Crippen molar-refractivity contribution in [3.05, 3.63) is 53.6 Å². The number of carbonyl (C=O) groups is 1. The number of rotatable bonds is 5. The predicted octanol–water partition coefficient (Wildman–Crippen LogP) is 2.61. The Balaban J connectivity index is 1.41. The van der Waals surface area contributed by atoms with E-state index in [1.54, 1.807) is 0 Å². The summed E-state index contributed by atoms with van der Waals surface area (Å²) in [4.78, 5) is 14.9. The zero-order valence-electron chi connectivity index (χ0n) is 16.2. The monoisotopic (exact) mass is 381 g/mol. The van der Waals surface area contributed by atoms with Crippen molar-refractivity contribution in [3.63, 3.8) is 0 Å². The molecule has 2 aliphatic rings. The summed E-state index contributed by atoms with van der Waals surface area (Å²) in [7, 11) is 0. The molecule has 2 aromatic carbocycles. The highest BCUT2D eigenvalue weighted by Gasteiger charge is 2.25. The van der Waals surface area contributed by atoms with Crippen molar-refractivity contribution in [1.29, 1.82) is 0 Å². The Morgan fingerprint density at radius 1 is 1.14 bits per heavy atom. The lowest BCUT2D eigenvalue weighted by molar-refractivity contribution is -0.118. The molecule has 1 atom stereocenters. The molecule has 1 fully saturated rings. The van der Waals surface area contributed by atoms with Crippen LogP contribution in [0.15, 0.2) is 42.5 Å². The van der Waals surface area contributed by atoms with Crippen molar-refractivity contribution in [2.45, 2.75) is 19.4 Å². The Morgan fingerprint density at radius 2 is 1.93 bits per heavy atom. The summed E-state index contributed by atoms with van der Waals surface area (Å²) in [5, 5.41) is 6.44. The molecular formula is C22H27N3O3.